The van der Waals surface area contributed by atoms with E-state index in [1.54, 1.807) is 7.11 Å². The standard InChI is InChI=1S/C27H36O9/c1-13-17-10-18(34-14(2)28)21-26-9-7-8-25(5,24(33-12-26)36-16(4)30)19(26)11-20(32-6)27(21,22(13)31)23(17)35-15(3)29/h17-21,23-24H,1,7-12H2,2-6H3/t17-,18-,19+,20-,21-,23+,24-,25+,26-,27?/m0/s1. The van der Waals surface area contributed by atoms with Crippen LogP contribution in [-0.2, 0) is 42.9 Å². The van der Waals surface area contributed by atoms with Crippen LogP contribution in [0.5, 0.6) is 0 Å². The van der Waals surface area contributed by atoms with E-state index < -0.39 is 70.6 Å². The van der Waals surface area contributed by atoms with E-state index in [1.807, 2.05) is 0 Å². The highest BCUT2D eigenvalue weighted by Crippen LogP contribution is 2.74. The van der Waals surface area contributed by atoms with Gasteiger partial charge in [0.15, 0.2) is 5.78 Å². The highest BCUT2D eigenvalue weighted by atomic mass is 16.7. The number of fused-ring (bicyclic) bond motifs is 1. The van der Waals surface area contributed by atoms with Gasteiger partial charge < -0.3 is 23.7 Å². The topological polar surface area (TPSA) is 114 Å². The molecular formula is C27H36O9. The van der Waals surface area contributed by atoms with Gasteiger partial charge in [0, 0.05) is 50.5 Å². The van der Waals surface area contributed by atoms with Crippen molar-refractivity contribution in [3.63, 3.8) is 0 Å². The van der Waals surface area contributed by atoms with Crippen LogP contribution in [0, 0.1) is 34.0 Å². The van der Waals surface area contributed by atoms with Crippen LogP contribution in [0.3, 0.4) is 0 Å². The number of carbonyl (C=O) groups excluding carboxylic acids is 4. The van der Waals surface area contributed by atoms with Gasteiger partial charge in [0.2, 0.25) is 6.29 Å². The molecule has 5 rings (SSSR count). The van der Waals surface area contributed by atoms with Crippen molar-refractivity contribution in [1.82, 2.24) is 0 Å². The molecular weight excluding hydrogens is 468 g/mol. The molecule has 9 heteroatoms. The molecule has 1 saturated heterocycles. The Morgan fingerprint density at radius 1 is 1.00 bits per heavy atom. The van der Waals surface area contributed by atoms with Crippen LogP contribution in [0.25, 0.3) is 0 Å². The van der Waals surface area contributed by atoms with Gasteiger partial charge in [-0.05, 0) is 37.2 Å². The summed E-state index contributed by atoms with van der Waals surface area (Å²) in [6.07, 6.45) is 0.519. The fraction of sp³-hybridized carbons (Fsp3) is 0.778. The summed E-state index contributed by atoms with van der Waals surface area (Å²) in [5.41, 5.74) is -1.94. The molecule has 36 heavy (non-hydrogen) atoms. The summed E-state index contributed by atoms with van der Waals surface area (Å²) in [4.78, 5) is 50.8. The second-order valence-corrected chi connectivity index (χ2v) is 11.6. The van der Waals surface area contributed by atoms with Crippen LogP contribution in [0.4, 0.5) is 0 Å². The van der Waals surface area contributed by atoms with E-state index in [2.05, 4.69) is 13.5 Å². The lowest BCUT2D eigenvalue weighted by atomic mass is 9.37. The van der Waals surface area contributed by atoms with Gasteiger partial charge in [0.25, 0.3) is 0 Å². The maximum atomic E-state index is 14.2. The number of ether oxygens (including phenoxy) is 5. The Kier molecular flexibility index (Phi) is 5.91. The Morgan fingerprint density at radius 2 is 1.67 bits per heavy atom. The maximum absolute atomic E-state index is 14.2. The third-order valence-corrected chi connectivity index (χ3v) is 10.0. The summed E-state index contributed by atoms with van der Waals surface area (Å²) >= 11 is 0. The van der Waals surface area contributed by atoms with Crippen LogP contribution in [0.15, 0.2) is 12.2 Å². The molecule has 1 unspecified atom stereocenters. The summed E-state index contributed by atoms with van der Waals surface area (Å²) in [6.45, 7) is 10.5. The molecule has 4 aliphatic carbocycles. The average molecular weight is 505 g/mol. The number of Topliss-reactive ketones (excluding diaryl/α,β-unsaturated/α-hetero) is 1. The van der Waals surface area contributed by atoms with Crippen molar-refractivity contribution < 1.29 is 42.9 Å². The van der Waals surface area contributed by atoms with Gasteiger partial charge in [0.05, 0.1) is 12.7 Å². The average Bonchev–Trinajstić information content (AvgIpc) is 2.91. The number of carbonyl (C=O) groups is 4. The summed E-state index contributed by atoms with van der Waals surface area (Å²) in [6, 6.07) is 0. The van der Waals surface area contributed by atoms with Crippen molar-refractivity contribution in [2.45, 2.75) is 84.4 Å². The summed E-state index contributed by atoms with van der Waals surface area (Å²) in [7, 11) is 1.57. The van der Waals surface area contributed by atoms with Crippen LogP contribution in [-0.4, -0.2) is 62.0 Å². The molecule has 4 saturated carbocycles. The predicted molar refractivity (Wildman–Crippen MR) is 124 cm³/mol. The van der Waals surface area contributed by atoms with E-state index in [-0.39, 0.29) is 18.3 Å². The highest BCUT2D eigenvalue weighted by Gasteiger charge is 2.80. The Hall–Kier alpha value is -2.26. The van der Waals surface area contributed by atoms with Crippen molar-refractivity contribution in [3.8, 4) is 0 Å². The molecule has 0 aromatic carbocycles. The third kappa shape index (κ3) is 3.14. The monoisotopic (exact) mass is 504 g/mol. The van der Waals surface area contributed by atoms with Gasteiger partial charge in [-0.1, -0.05) is 19.9 Å². The number of hydrogen-bond acceptors (Lipinski definition) is 9. The van der Waals surface area contributed by atoms with E-state index in [1.165, 1.54) is 20.8 Å². The summed E-state index contributed by atoms with van der Waals surface area (Å²) < 4.78 is 30.0. The van der Waals surface area contributed by atoms with E-state index in [0.29, 0.717) is 18.4 Å². The van der Waals surface area contributed by atoms with Crippen molar-refractivity contribution in [3.05, 3.63) is 12.2 Å². The van der Waals surface area contributed by atoms with E-state index in [9.17, 15) is 19.2 Å². The minimum atomic E-state index is -1.24. The van der Waals surface area contributed by atoms with Crippen molar-refractivity contribution in [1.29, 1.82) is 0 Å². The molecule has 5 aliphatic rings. The molecule has 198 valence electrons. The minimum absolute atomic E-state index is 0.0355. The predicted octanol–water partition coefficient (Wildman–Crippen LogP) is 2.74. The molecule has 1 spiro atoms. The lowest BCUT2D eigenvalue weighted by Gasteiger charge is -2.70. The van der Waals surface area contributed by atoms with Crippen molar-refractivity contribution in [2.75, 3.05) is 13.7 Å². The lowest BCUT2D eigenvalue weighted by molar-refractivity contribution is -0.346. The molecule has 1 heterocycles. The number of rotatable bonds is 4. The Bertz CT molecular complexity index is 1020. The van der Waals surface area contributed by atoms with Gasteiger partial charge in [0.1, 0.15) is 17.6 Å². The molecule has 10 atom stereocenters. The van der Waals surface area contributed by atoms with Crippen molar-refractivity contribution in [2.24, 2.45) is 34.0 Å². The Morgan fingerprint density at radius 3 is 2.28 bits per heavy atom. The highest BCUT2D eigenvalue weighted by molar-refractivity contribution is 6.05. The molecule has 1 aliphatic heterocycles. The van der Waals surface area contributed by atoms with Gasteiger partial charge >= 0.3 is 17.9 Å². The van der Waals surface area contributed by atoms with Gasteiger partial charge in [-0.3, -0.25) is 19.2 Å². The largest absolute Gasteiger partial charge is 0.462 e. The second kappa shape index (κ2) is 8.38. The number of ketones is 1. The van der Waals surface area contributed by atoms with Crippen LogP contribution >= 0.6 is 0 Å². The van der Waals surface area contributed by atoms with E-state index in [0.717, 1.165) is 19.3 Å². The zero-order valence-electron chi connectivity index (χ0n) is 21.7. The number of methoxy groups -OCH3 is 1. The first-order valence-corrected chi connectivity index (χ1v) is 12.8. The molecule has 0 radical (unpaired) electrons. The fourth-order valence-corrected chi connectivity index (χ4v) is 9.10. The fourth-order valence-electron chi connectivity index (χ4n) is 9.10. The number of esters is 3. The Labute approximate surface area is 211 Å². The van der Waals surface area contributed by atoms with Crippen molar-refractivity contribution >= 4 is 23.7 Å². The third-order valence-electron chi connectivity index (χ3n) is 10.0. The van der Waals surface area contributed by atoms with Crippen LogP contribution < -0.4 is 0 Å². The normalized spacial score (nSPS) is 46.9. The molecule has 0 amide bonds. The summed E-state index contributed by atoms with van der Waals surface area (Å²) in [5, 5.41) is 0. The Balaban J connectivity index is 1.72. The molecule has 0 aromatic heterocycles. The second-order valence-electron chi connectivity index (χ2n) is 11.6. The van der Waals surface area contributed by atoms with E-state index in [4.69, 9.17) is 23.7 Å². The smallest absolute Gasteiger partial charge is 0.304 e. The molecule has 9 nitrogen and oxygen atoms in total. The van der Waals surface area contributed by atoms with Crippen LogP contribution in [0.1, 0.15) is 59.8 Å². The molecule has 5 fully saturated rings. The van der Waals surface area contributed by atoms with Gasteiger partial charge in [-0.25, -0.2) is 0 Å². The number of hydrogen-bond donors (Lipinski definition) is 0. The zero-order valence-corrected chi connectivity index (χ0v) is 21.7. The first-order valence-electron chi connectivity index (χ1n) is 12.8. The first-order chi connectivity index (χ1) is 16.9. The lowest BCUT2D eigenvalue weighted by Crippen LogP contribution is -2.75. The van der Waals surface area contributed by atoms with E-state index >= 15 is 0 Å². The summed E-state index contributed by atoms with van der Waals surface area (Å²) in [5.74, 6) is -2.50. The molecule has 0 aromatic rings. The maximum Gasteiger partial charge on any atom is 0.304 e. The molecule has 0 N–H and O–H groups in total. The van der Waals surface area contributed by atoms with Gasteiger partial charge in [-0.15, -0.1) is 0 Å². The van der Waals surface area contributed by atoms with Gasteiger partial charge in [-0.2, -0.15) is 0 Å². The molecule has 4 bridgehead atoms. The zero-order chi connectivity index (χ0) is 26.2. The quantitative estimate of drug-likeness (QED) is 0.324. The minimum Gasteiger partial charge on any atom is -0.462 e. The first kappa shape index (κ1) is 25.4. The van der Waals surface area contributed by atoms with Crippen LogP contribution in [0.2, 0.25) is 0 Å². The SMILES string of the molecule is C=C1C(=O)C23[C@@H](OC)C[C@@H]4[C@@]5(C)CCC[C@@]4(CO[C@H]5OC(C)=O)[C@@H]2[C@@H](OC(C)=O)C[C@@H]1[C@H]3OC(C)=O.